The standard InChI is InChI=1S/C45H64O5/c1-8-10-11-12-34-13-15-35(16-14-34)17-18-36-19-21-40(37(9-2)29-36)38-20-22-41(39(30-38)23-27-49-43-42(50-43)33(3)4)48-28-26-45(31-46,32-47)25-24-44(5,6)7/h13-16,19-22,29-30,42-43,46-47H,3,8-12,17-18,23-28,31-32H2,1-2,4-7H3. The maximum absolute atomic E-state index is 10.3. The predicted octanol–water partition coefficient (Wildman–Crippen LogP) is 9.86. The molecule has 274 valence electrons. The van der Waals surface area contributed by atoms with Crippen molar-refractivity contribution in [2.75, 3.05) is 26.4 Å². The summed E-state index contributed by atoms with van der Waals surface area (Å²) in [7, 11) is 0. The Morgan fingerprint density at radius 1 is 0.760 bits per heavy atom. The number of aliphatic hydroxyl groups is 2. The molecule has 0 aliphatic carbocycles. The van der Waals surface area contributed by atoms with E-state index in [1.165, 1.54) is 59.1 Å². The van der Waals surface area contributed by atoms with Gasteiger partial charge in [0.1, 0.15) is 11.9 Å². The lowest BCUT2D eigenvalue weighted by Gasteiger charge is -2.32. The number of aliphatic hydroxyl groups excluding tert-OH is 2. The molecule has 0 amide bonds. The number of epoxide rings is 1. The molecule has 3 aromatic carbocycles. The van der Waals surface area contributed by atoms with Gasteiger partial charge >= 0.3 is 0 Å². The first-order valence-electron chi connectivity index (χ1n) is 19.1. The van der Waals surface area contributed by atoms with Gasteiger partial charge in [-0.25, -0.2) is 0 Å². The Morgan fingerprint density at radius 3 is 2.06 bits per heavy atom. The molecule has 0 spiro atoms. The molecule has 0 radical (unpaired) electrons. The number of hydrogen-bond acceptors (Lipinski definition) is 5. The third kappa shape index (κ3) is 12.1. The Morgan fingerprint density at radius 2 is 1.44 bits per heavy atom. The van der Waals surface area contributed by atoms with E-state index in [1.807, 2.05) is 6.92 Å². The van der Waals surface area contributed by atoms with Crippen molar-refractivity contribution in [1.29, 1.82) is 0 Å². The van der Waals surface area contributed by atoms with Crippen LogP contribution in [0.3, 0.4) is 0 Å². The average Bonchev–Trinajstić information content (AvgIpc) is 3.90. The lowest BCUT2D eigenvalue weighted by atomic mass is 9.76. The number of aryl methyl sites for hydroxylation is 4. The van der Waals surface area contributed by atoms with E-state index in [0.717, 1.165) is 49.0 Å². The molecular weight excluding hydrogens is 620 g/mol. The first kappa shape index (κ1) is 39.8. The van der Waals surface area contributed by atoms with Crippen molar-refractivity contribution >= 4 is 0 Å². The van der Waals surface area contributed by atoms with Crippen LogP contribution in [0.25, 0.3) is 11.1 Å². The Kier molecular flexibility index (Phi) is 15.2. The summed E-state index contributed by atoms with van der Waals surface area (Å²) in [6.07, 6.45) is 10.7. The molecule has 2 N–H and O–H groups in total. The molecule has 5 heteroatoms. The van der Waals surface area contributed by atoms with Gasteiger partial charge in [-0.1, -0.05) is 103 Å². The SMILES string of the molecule is C=C(C)C1OC1OCCc1cc(-c2ccc(CCc3ccc(CCCCC)cc3)cc2CC)ccc1OCCC(CO)(CO)CCC(C)(C)C. The summed E-state index contributed by atoms with van der Waals surface area (Å²) in [5, 5.41) is 20.6. The van der Waals surface area contributed by atoms with Crippen molar-refractivity contribution in [3.05, 3.63) is 101 Å². The van der Waals surface area contributed by atoms with Gasteiger partial charge in [0.25, 0.3) is 0 Å². The number of rotatable bonds is 22. The van der Waals surface area contributed by atoms with Gasteiger partial charge in [-0.2, -0.15) is 0 Å². The fourth-order valence-corrected chi connectivity index (χ4v) is 6.57. The highest BCUT2D eigenvalue weighted by Crippen LogP contribution is 2.35. The number of ether oxygens (including phenoxy) is 3. The molecule has 2 unspecified atom stereocenters. The summed E-state index contributed by atoms with van der Waals surface area (Å²) in [6.45, 7) is 17.8. The third-order valence-corrected chi connectivity index (χ3v) is 10.3. The van der Waals surface area contributed by atoms with Crippen LogP contribution in [0.1, 0.15) is 108 Å². The van der Waals surface area contributed by atoms with Crippen molar-refractivity contribution in [1.82, 2.24) is 0 Å². The summed E-state index contributed by atoms with van der Waals surface area (Å²) < 4.78 is 18.1. The van der Waals surface area contributed by atoms with Crippen LogP contribution in [-0.4, -0.2) is 49.0 Å². The maximum atomic E-state index is 10.3. The molecule has 2 atom stereocenters. The zero-order valence-corrected chi connectivity index (χ0v) is 31.9. The molecule has 0 bridgehead atoms. The number of hydrogen-bond donors (Lipinski definition) is 2. The average molecular weight is 685 g/mol. The van der Waals surface area contributed by atoms with E-state index in [0.29, 0.717) is 26.1 Å². The van der Waals surface area contributed by atoms with Crippen molar-refractivity contribution in [2.45, 2.75) is 125 Å². The van der Waals surface area contributed by atoms with Crippen LogP contribution in [0.5, 0.6) is 5.75 Å². The maximum Gasteiger partial charge on any atom is 0.188 e. The topological polar surface area (TPSA) is 71.5 Å². The molecule has 0 aromatic heterocycles. The first-order valence-corrected chi connectivity index (χ1v) is 19.1. The minimum Gasteiger partial charge on any atom is -0.493 e. The highest BCUT2D eigenvalue weighted by atomic mass is 16.8. The third-order valence-electron chi connectivity index (χ3n) is 10.3. The second kappa shape index (κ2) is 19.0. The molecule has 0 saturated carbocycles. The summed E-state index contributed by atoms with van der Waals surface area (Å²) in [5.41, 5.74) is 9.58. The summed E-state index contributed by atoms with van der Waals surface area (Å²) in [6, 6.07) is 22.6. The second-order valence-corrected chi connectivity index (χ2v) is 15.8. The highest BCUT2D eigenvalue weighted by Gasteiger charge is 2.40. The summed E-state index contributed by atoms with van der Waals surface area (Å²) in [5.74, 6) is 0.817. The van der Waals surface area contributed by atoms with Crippen LogP contribution in [0, 0.1) is 10.8 Å². The smallest absolute Gasteiger partial charge is 0.188 e. The summed E-state index contributed by atoms with van der Waals surface area (Å²) in [4.78, 5) is 0. The van der Waals surface area contributed by atoms with Gasteiger partial charge in [0.05, 0.1) is 26.4 Å². The summed E-state index contributed by atoms with van der Waals surface area (Å²) >= 11 is 0. The Bertz CT molecular complexity index is 1480. The van der Waals surface area contributed by atoms with Crippen LogP contribution in [0.15, 0.2) is 72.8 Å². The number of unbranched alkanes of at least 4 members (excludes halogenated alkanes) is 2. The molecule has 4 rings (SSSR count). The lowest BCUT2D eigenvalue weighted by molar-refractivity contribution is 0.0201. The van der Waals surface area contributed by atoms with Crippen LogP contribution in [0.2, 0.25) is 0 Å². The van der Waals surface area contributed by atoms with E-state index >= 15 is 0 Å². The molecule has 1 aliphatic heterocycles. The van der Waals surface area contributed by atoms with Crippen LogP contribution < -0.4 is 4.74 Å². The Hall–Kier alpha value is -2.96. The highest BCUT2D eigenvalue weighted by molar-refractivity contribution is 5.70. The van der Waals surface area contributed by atoms with Crippen LogP contribution in [-0.2, 0) is 41.6 Å². The molecule has 1 fully saturated rings. The van der Waals surface area contributed by atoms with Gasteiger partial charge in [-0.15, -0.1) is 0 Å². The second-order valence-electron chi connectivity index (χ2n) is 15.8. The monoisotopic (exact) mass is 684 g/mol. The molecule has 3 aromatic rings. The molecule has 1 heterocycles. The largest absolute Gasteiger partial charge is 0.493 e. The lowest BCUT2D eigenvalue weighted by Crippen LogP contribution is -2.33. The van der Waals surface area contributed by atoms with Gasteiger partial charge in [0.2, 0.25) is 0 Å². The van der Waals surface area contributed by atoms with Gasteiger partial charge in [0, 0.05) is 5.41 Å². The molecule has 1 saturated heterocycles. The van der Waals surface area contributed by atoms with E-state index in [1.54, 1.807) is 0 Å². The van der Waals surface area contributed by atoms with Gasteiger partial charge in [0.15, 0.2) is 6.29 Å². The van der Waals surface area contributed by atoms with E-state index < -0.39 is 5.41 Å². The molecule has 50 heavy (non-hydrogen) atoms. The minimum atomic E-state index is -0.563. The van der Waals surface area contributed by atoms with Crippen molar-refractivity contribution in [2.24, 2.45) is 10.8 Å². The zero-order chi connectivity index (χ0) is 36.1. The zero-order valence-electron chi connectivity index (χ0n) is 31.9. The normalized spacial score (nSPS) is 16.1. The molecule has 5 nitrogen and oxygen atoms in total. The fraction of sp³-hybridized carbons (Fsp3) is 0.556. The van der Waals surface area contributed by atoms with Gasteiger partial charge < -0.3 is 24.4 Å². The van der Waals surface area contributed by atoms with Gasteiger partial charge in [-0.05, 0) is 127 Å². The van der Waals surface area contributed by atoms with Crippen molar-refractivity contribution in [3.8, 4) is 16.9 Å². The van der Waals surface area contributed by atoms with E-state index in [9.17, 15) is 10.2 Å². The van der Waals surface area contributed by atoms with E-state index in [-0.39, 0.29) is 31.0 Å². The quantitative estimate of drug-likeness (QED) is 0.0626. The van der Waals surface area contributed by atoms with Gasteiger partial charge in [-0.3, -0.25) is 0 Å². The van der Waals surface area contributed by atoms with Crippen LogP contribution in [0.4, 0.5) is 0 Å². The van der Waals surface area contributed by atoms with Crippen molar-refractivity contribution in [3.63, 3.8) is 0 Å². The fourth-order valence-electron chi connectivity index (χ4n) is 6.57. The molecular formula is C45H64O5. The molecule has 1 aliphatic rings. The van der Waals surface area contributed by atoms with Crippen LogP contribution >= 0.6 is 0 Å². The Balaban J connectivity index is 1.46. The Labute approximate surface area is 303 Å². The number of benzene rings is 3. The van der Waals surface area contributed by atoms with E-state index in [4.69, 9.17) is 14.2 Å². The first-order chi connectivity index (χ1) is 24.0. The minimum absolute atomic E-state index is 0.0178. The van der Waals surface area contributed by atoms with E-state index in [2.05, 4.69) is 102 Å². The van der Waals surface area contributed by atoms with Crippen molar-refractivity contribution < 1.29 is 24.4 Å². The predicted molar refractivity (Wildman–Crippen MR) is 207 cm³/mol.